The van der Waals surface area contributed by atoms with Crippen LogP contribution in [0.3, 0.4) is 0 Å². The number of rotatable bonds is 4. The third-order valence-electron chi connectivity index (χ3n) is 5.48. The van der Waals surface area contributed by atoms with Gasteiger partial charge in [-0.2, -0.15) is 9.78 Å². The predicted octanol–water partition coefficient (Wildman–Crippen LogP) is 3.03. The van der Waals surface area contributed by atoms with Gasteiger partial charge in [0.25, 0.3) is 0 Å². The van der Waals surface area contributed by atoms with Gasteiger partial charge >= 0.3 is 0 Å². The lowest BCUT2D eigenvalue weighted by Gasteiger charge is -2.22. The van der Waals surface area contributed by atoms with Crippen molar-refractivity contribution in [3.63, 3.8) is 0 Å². The van der Waals surface area contributed by atoms with E-state index in [0.29, 0.717) is 11.6 Å². The lowest BCUT2D eigenvalue weighted by molar-refractivity contribution is 0.343. The summed E-state index contributed by atoms with van der Waals surface area (Å²) < 4.78 is 31.9. The molecule has 1 aromatic carbocycles. The fourth-order valence-electron chi connectivity index (χ4n) is 3.79. The van der Waals surface area contributed by atoms with E-state index in [1.54, 1.807) is 18.5 Å². The summed E-state index contributed by atoms with van der Waals surface area (Å²) in [5.74, 6) is -1.71. The molecule has 1 fully saturated rings. The molecule has 164 valence electrons. The molecule has 1 saturated heterocycles. The molecule has 9 nitrogen and oxygen atoms in total. The van der Waals surface area contributed by atoms with E-state index in [2.05, 4.69) is 30.9 Å². The number of hydrogen-bond acceptors (Lipinski definition) is 7. The lowest BCUT2D eigenvalue weighted by Crippen LogP contribution is -2.29. The van der Waals surface area contributed by atoms with Crippen LogP contribution >= 0.6 is 11.6 Å². The van der Waals surface area contributed by atoms with Crippen molar-refractivity contribution in [3.8, 4) is 28.2 Å². The molecule has 1 aliphatic heterocycles. The normalized spacial score (nSPS) is 14.7. The zero-order valence-electron chi connectivity index (χ0n) is 16.7. The van der Waals surface area contributed by atoms with Gasteiger partial charge in [0.15, 0.2) is 17.5 Å². The molecule has 5 rings (SSSR count). The monoisotopic (exact) mass is 457 g/mol. The minimum absolute atomic E-state index is 0.0302. The third-order valence-corrected chi connectivity index (χ3v) is 5.77. The number of aromatic nitrogens is 7. The largest absolute Gasteiger partial charge is 0.383 e. The van der Waals surface area contributed by atoms with Crippen LogP contribution in [0.15, 0.2) is 36.8 Å². The first kappa shape index (κ1) is 20.5. The van der Waals surface area contributed by atoms with Crippen LogP contribution < -0.4 is 11.1 Å². The third kappa shape index (κ3) is 3.59. The lowest BCUT2D eigenvalue weighted by atomic mass is 10.1. The topological polar surface area (TPSA) is 112 Å². The molecule has 3 aromatic heterocycles. The summed E-state index contributed by atoms with van der Waals surface area (Å²) in [6.45, 7) is 1.90. The molecule has 4 heterocycles. The SMILES string of the molecule is Nc1ncc(-c2cnn(C3CCNCC3)c2)cc1-c1nnnn1-c1c(F)ccc(Cl)c1F. The second kappa shape index (κ2) is 8.24. The first-order chi connectivity index (χ1) is 15.5. The van der Waals surface area contributed by atoms with Crippen molar-refractivity contribution >= 4 is 17.4 Å². The predicted molar refractivity (Wildman–Crippen MR) is 114 cm³/mol. The minimum atomic E-state index is -0.980. The molecule has 0 amide bonds. The van der Waals surface area contributed by atoms with Gasteiger partial charge in [-0.25, -0.2) is 13.8 Å². The van der Waals surface area contributed by atoms with Gasteiger partial charge in [-0.05, 0) is 54.6 Å². The van der Waals surface area contributed by atoms with E-state index in [0.717, 1.165) is 53.9 Å². The van der Waals surface area contributed by atoms with Gasteiger partial charge in [-0.1, -0.05) is 11.6 Å². The summed E-state index contributed by atoms with van der Waals surface area (Å²) in [5.41, 5.74) is 7.44. The molecule has 32 heavy (non-hydrogen) atoms. The fraction of sp³-hybridized carbons (Fsp3) is 0.250. The quantitative estimate of drug-likeness (QED) is 0.453. The highest BCUT2D eigenvalue weighted by Crippen LogP contribution is 2.32. The molecule has 0 atom stereocenters. The Kier molecular flexibility index (Phi) is 5.27. The van der Waals surface area contributed by atoms with Crippen molar-refractivity contribution in [2.75, 3.05) is 18.8 Å². The molecule has 0 radical (unpaired) electrons. The van der Waals surface area contributed by atoms with Gasteiger partial charge in [0, 0.05) is 23.5 Å². The first-order valence-corrected chi connectivity index (χ1v) is 10.3. The Morgan fingerprint density at radius 3 is 2.75 bits per heavy atom. The summed E-state index contributed by atoms with van der Waals surface area (Å²) in [5, 5.41) is 18.8. The Bertz CT molecular complexity index is 1280. The molecule has 0 bridgehead atoms. The highest BCUT2D eigenvalue weighted by atomic mass is 35.5. The maximum atomic E-state index is 14.6. The number of pyridine rings is 1. The summed E-state index contributed by atoms with van der Waals surface area (Å²) in [7, 11) is 0. The summed E-state index contributed by atoms with van der Waals surface area (Å²) >= 11 is 5.83. The van der Waals surface area contributed by atoms with Gasteiger partial charge in [-0.3, -0.25) is 4.68 Å². The van der Waals surface area contributed by atoms with Crippen LogP contribution in [-0.2, 0) is 0 Å². The summed E-state index contributed by atoms with van der Waals surface area (Å²) in [6.07, 6.45) is 7.30. The maximum absolute atomic E-state index is 14.6. The number of halogens is 3. The average molecular weight is 458 g/mol. The molecule has 12 heteroatoms. The average Bonchev–Trinajstić information content (AvgIpc) is 3.48. The number of nitrogens with zero attached hydrogens (tertiary/aromatic N) is 7. The van der Waals surface area contributed by atoms with E-state index in [-0.39, 0.29) is 16.7 Å². The number of nitrogen functional groups attached to an aromatic ring is 1. The number of anilines is 1. The van der Waals surface area contributed by atoms with Crippen LogP contribution in [0, 0.1) is 11.6 Å². The number of nitrogens with one attached hydrogen (secondary N) is 1. The maximum Gasteiger partial charge on any atom is 0.191 e. The highest BCUT2D eigenvalue weighted by Gasteiger charge is 2.23. The summed E-state index contributed by atoms with van der Waals surface area (Å²) in [6, 6.07) is 4.21. The van der Waals surface area contributed by atoms with E-state index in [1.165, 1.54) is 0 Å². The van der Waals surface area contributed by atoms with Crippen molar-refractivity contribution in [1.82, 2.24) is 40.3 Å². The second-order valence-corrected chi connectivity index (χ2v) is 7.86. The van der Waals surface area contributed by atoms with Gasteiger partial charge < -0.3 is 11.1 Å². The Morgan fingerprint density at radius 1 is 1.12 bits per heavy atom. The van der Waals surface area contributed by atoms with Crippen molar-refractivity contribution in [3.05, 3.63) is 53.4 Å². The highest BCUT2D eigenvalue weighted by molar-refractivity contribution is 6.30. The van der Waals surface area contributed by atoms with Crippen LogP contribution in [0.4, 0.5) is 14.6 Å². The van der Waals surface area contributed by atoms with Crippen LogP contribution in [0.2, 0.25) is 5.02 Å². The molecule has 0 saturated carbocycles. The second-order valence-electron chi connectivity index (χ2n) is 7.45. The van der Waals surface area contributed by atoms with Gasteiger partial charge in [0.1, 0.15) is 11.5 Å². The van der Waals surface area contributed by atoms with Gasteiger partial charge in [0.2, 0.25) is 0 Å². The molecular formula is C20H18ClF2N9. The Labute approximate surface area is 186 Å². The van der Waals surface area contributed by atoms with Crippen molar-refractivity contribution in [2.24, 2.45) is 0 Å². The smallest absolute Gasteiger partial charge is 0.191 e. The number of hydrogen-bond donors (Lipinski definition) is 2. The fourth-order valence-corrected chi connectivity index (χ4v) is 3.94. The summed E-state index contributed by atoms with van der Waals surface area (Å²) in [4.78, 5) is 4.24. The van der Waals surface area contributed by atoms with E-state index >= 15 is 0 Å². The molecule has 0 unspecified atom stereocenters. The van der Waals surface area contributed by atoms with E-state index in [1.807, 2.05) is 10.9 Å². The molecule has 3 N–H and O–H groups in total. The molecule has 1 aliphatic rings. The van der Waals surface area contributed by atoms with Crippen LogP contribution in [-0.4, -0.2) is 48.1 Å². The van der Waals surface area contributed by atoms with Crippen molar-refractivity contribution in [2.45, 2.75) is 18.9 Å². The zero-order chi connectivity index (χ0) is 22.2. The number of piperidine rings is 1. The molecule has 0 spiro atoms. The van der Waals surface area contributed by atoms with E-state index in [4.69, 9.17) is 17.3 Å². The number of benzene rings is 1. The molecule has 4 aromatic rings. The standard InChI is InChI=1S/C20H18ClF2N9/c21-15-1-2-16(22)18(17(15)23)32-20(28-29-30-32)14-7-11(8-26-19(14)24)12-9-27-31(10-12)13-3-5-25-6-4-13/h1-2,7-10,13,25H,3-6H2,(H2,24,26). The Morgan fingerprint density at radius 2 is 1.94 bits per heavy atom. The first-order valence-electron chi connectivity index (χ1n) is 9.96. The van der Waals surface area contributed by atoms with Crippen LogP contribution in [0.5, 0.6) is 0 Å². The Balaban J connectivity index is 1.55. The van der Waals surface area contributed by atoms with Crippen molar-refractivity contribution < 1.29 is 8.78 Å². The number of nitrogens with two attached hydrogens (primary N) is 1. The molecule has 0 aliphatic carbocycles. The van der Waals surface area contributed by atoms with Crippen molar-refractivity contribution in [1.29, 1.82) is 0 Å². The minimum Gasteiger partial charge on any atom is -0.383 e. The van der Waals surface area contributed by atoms with Crippen LogP contribution in [0.25, 0.3) is 28.2 Å². The van der Waals surface area contributed by atoms with Crippen LogP contribution in [0.1, 0.15) is 18.9 Å². The molecular weight excluding hydrogens is 440 g/mol. The number of tetrazole rings is 1. The van der Waals surface area contributed by atoms with Gasteiger partial charge in [0.05, 0.1) is 22.8 Å². The van der Waals surface area contributed by atoms with Gasteiger partial charge in [-0.15, -0.1) is 5.10 Å². The van der Waals surface area contributed by atoms with E-state index in [9.17, 15) is 8.78 Å². The Hall–Kier alpha value is -3.44. The van der Waals surface area contributed by atoms with E-state index < -0.39 is 17.3 Å². The zero-order valence-corrected chi connectivity index (χ0v) is 17.5.